The minimum Gasteiger partial charge on any atom is -0.356 e. The first-order chi connectivity index (χ1) is 11.0. The highest BCUT2D eigenvalue weighted by Gasteiger charge is 2.37. The zero-order chi connectivity index (χ0) is 16.6. The van der Waals surface area contributed by atoms with Crippen LogP contribution in [0.4, 0.5) is 5.82 Å². The van der Waals surface area contributed by atoms with Gasteiger partial charge < -0.3 is 14.6 Å². The van der Waals surface area contributed by atoms with Crippen molar-refractivity contribution >= 4 is 11.7 Å². The van der Waals surface area contributed by atoms with Crippen molar-refractivity contribution < 1.29 is 9.90 Å². The highest BCUT2D eigenvalue weighted by Crippen LogP contribution is 2.27. The van der Waals surface area contributed by atoms with E-state index in [1.54, 1.807) is 36.9 Å². The molecule has 2 aromatic rings. The van der Waals surface area contributed by atoms with Gasteiger partial charge in [0.25, 0.3) is 5.91 Å². The van der Waals surface area contributed by atoms with Crippen molar-refractivity contribution in [3.05, 3.63) is 17.8 Å². The highest BCUT2D eigenvalue weighted by molar-refractivity contribution is 5.99. The second kappa shape index (κ2) is 5.95. The summed E-state index contributed by atoms with van der Waals surface area (Å²) in [6, 6.07) is 0. The molecule has 1 aliphatic rings. The van der Waals surface area contributed by atoms with Crippen molar-refractivity contribution in [3.63, 3.8) is 0 Å². The van der Waals surface area contributed by atoms with E-state index in [1.807, 2.05) is 0 Å². The lowest BCUT2D eigenvalue weighted by atomic mass is 10.2. The molecule has 2 aromatic heterocycles. The van der Waals surface area contributed by atoms with Gasteiger partial charge in [0, 0.05) is 27.1 Å². The molecule has 0 aliphatic carbocycles. The molecule has 0 spiro atoms. The smallest absolute Gasteiger partial charge is 0.277 e. The van der Waals surface area contributed by atoms with Crippen LogP contribution in [0.1, 0.15) is 29.2 Å². The van der Waals surface area contributed by atoms with E-state index in [0.29, 0.717) is 30.3 Å². The van der Waals surface area contributed by atoms with Gasteiger partial charge in [-0.2, -0.15) is 4.80 Å². The number of anilines is 1. The molecule has 0 aromatic carbocycles. The fourth-order valence-electron chi connectivity index (χ4n) is 2.69. The number of aryl methyl sites for hydroxylation is 3. The van der Waals surface area contributed by atoms with Gasteiger partial charge in [-0.15, -0.1) is 10.2 Å². The van der Waals surface area contributed by atoms with Gasteiger partial charge in [0.1, 0.15) is 0 Å². The van der Waals surface area contributed by atoms with E-state index in [4.69, 9.17) is 0 Å². The predicted molar refractivity (Wildman–Crippen MR) is 80.4 cm³/mol. The van der Waals surface area contributed by atoms with Crippen LogP contribution in [0, 0.1) is 0 Å². The van der Waals surface area contributed by atoms with Gasteiger partial charge in [0.15, 0.2) is 17.3 Å². The third kappa shape index (κ3) is 2.77. The summed E-state index contributed by atoms with van der Waals surface area (Å²) in [5, 5.41) is 22.2. The molecule has 1 aliphatic heterocycles. The predicted octanol–water partition coefficient (Wildman–Crippen LogP) is -0.866. The molecule has 23 heavy (non-hydrogen) atoms. The lowest BCUT2D eigenvalue weighted by molar-refractivity contribution is 0.00255. The number of amides is 1. The monoisotopic (exact) mass is 320 g/mol. The molecule has 3 rings (SSSR count). The van der Waals surface area contributed by atoms with Crippen LogP contribution in [0.3, 0.4) is 0 Å². The van der Waals surface area contributed by atoms with Gasteiger partial charge in [-0.1, -0.05) is 0 Å². The number of carbonyl (C=O) groups is 1. The van der Waals surface area contributed by atoms with Crippen molar-refractivity contribution in [2.24, 2.45) is 14.1 Å². The Kier molecular flexibility index (Phi) is 3.99. The molecule has 0 saturated carbocycles. The van der Waals surface area contributed by atoms with E-state index < -0.39 is 6.35 Å². The Hall–Kier alpha value is -2.49. The lowest BCUT2D eigenvalue weighted by Crippen LogP contribution is -2.54. The first kappa shape index (κ1) is 15.4. The van der Waals surface area contributed by atoms with Gasteiger partial charge in [-0.25, -0.2) is 4.98 Å². The number of unbranched alkanes of at least 4 members (excludes halogenated alkanes) is 1. The number of hydrogen-bond acceptors (Lipinski definition) is 7. The number of rotatable bonds is 5. The fourth-order valence-corrected chi connectivity index (χ4v) is 2.69. The summed E-state index contributed by atoms with van der Waals surface area (Å²) < 4.78 is 1.68. The molecule has 1 atom stereocenters. The molecule has 0 fully saturated rings. The van der Waals surface area contributed by atoms with Crippen molar-refractivity contribution in [1.29, 1.82) is 0 Å². The van der Waals surface area contributed by atoms with E-state index in [9.17, 15) is 9.90 Å². The number of aliphatic hydroxyl groups is 1. The van der Waals surface area contributed by atoms with E-state index in [0.717, 1.165) is 12.8 Å². The van der Waals surface area contributed by atoms with Crippen molar-refractivity contribution in [2.75, 3.05) is 18.5 Å². The van der Waals surface area contributed by atoms with Crippen molar-refractivity contribution in [1.82, 2.24) is 34.7 Å². The maximum atomic E-state index is 12.6. The van der Waals surface area contributed by atoms with Gasteiger partial charge in [-0.3, -0.25) is 9.69 Å². The molecular weight excluding hydrogens is 300 g/mol. The van der Waals surface area contributed by atoms with Crippen LogP contribution in [0.2, 0.25) is 0 Å². The molecule has 1 unspecified atom stereocenters. The zero-order valence-corrected chi connectivity index (χ0v) is 13.4. The normalized spacial score (nSPS) is 17.7. The van der Waals surface area contributed by atoms with E-state index in [-0.39, 0.29) is 5.91 Å². The Morgan fingerprint density at radius 1 is 1.26 bits per heavy atom. The summed E-state index contributed by atoms with van der Waals surface area (Å²) in [6.45, 7) is 0.454. The average Bonchev–Trinajstić information content (AvgIpc) is 3.10. The quantitative estimate of drug-likeness (QED) is 0.714. The van der Waals surface area contributed by atoms with Gasteiger partial charge in [0.05, 0.1) is 13.4 Å². The Morgan fingerprint density at radius 3 is 2.74 bits per heavy atom. The van der Waals surface area contributed by atoms with Gasteiger partial charge in [0.2, 0.25) is 6.35 Å². The van der Waals surface area contributed by atoms with Crippen LogP contribution in [-0.4, -0.2) is 65.6 Å². The van der Waals surface area contributed by atoms with E-state index in [1.165, 1.54) is 9.70 Å². The maximum absolute atomic E-state index is 12.6. The third-order valence-electron chi connectivity index (χ3n) is 3.94. The number of carbonyl (C=O) groups excluding carboxylic acids is 1. The third-order valence-corrected chi connectivity index (χ3v) is 3.94. The summed E-state index contributed by atoms with van der Waals surface area (Å²) in [7, 11) is 5.22. The van der Waals surface area contributed by atoms with Gasteiger partial charge >= 0.3 is 0 Å². The zero-order valence-electron chi connectivity index (χ0n) is 13.4. The molecule has 10 nitrogen and oxygen atoms in total. The van der Waals surface area contributed by atoms with Gasteiger partial charge in [-0.05, 0) is 18.1 Å². The highest BCUT2D eigenvalue weighted by atomic mass is 16.3. The summed E-state index contributed by atoms with van der Waals surface area (Å²) in [5.74, 6) is 0.984. The van der Waals surface area contributed by atoms with Crippen LogP contribution in [0.15, 0.2) is 6.33 Å². The maximum Gasteiger partial charge on any atom is 0.277 e. The number of nitrogens with zero attached hydrogens (tertiary/aromatic N) is 8. The minimum absolute atomic E-state index is 0.205. The standard InChI is InChI=1S/C13H20N8O2/c1-18-8-14-11-10(18)12(22)21(13(23)19(11)2)7-5-4-6-9-15-17-20(3)16-9/h8,13,23H,4-7H2,1-3H3. The van der Waals surface area contributed by atoms with Crippen LogP contribution in [0.5, 0.6) is 0 Å². The Morgan fingerprint density at radius 2 is 2.04 bits per heavy atom. The molecule has 10 heteroatoms. The van der Waals surface area contributed by atoms with Crippen molar-refractivity contribution in [3.8, 4) is 0 Å². The van der Waals surface area contributed by atoms with Crippen LogP contribution < -0.4 is 4.90 Å². The first-order valence-electron chi connectivity index (χ1n) is 7.45. The number of imidazole rings is 1. The number of hydrogen-bond donors (Lipinski definition) is 1. The van der Waals surface area contributed by atoms with E-state index in [2.05, 4.69) is 20.4 Å². The second-order valence-electron chi connectivity index (χ2n) is 5.64. The molecule has 0 bridgehead atoms. The summed E-state index contributed by atoms with van der Waals surface area (Å²) in [5.41, 5.74) is 0.494. The summed E-state index contributed by atoms with van der Waals surface area (Å²) >= 11 is 0. The van der Waals surface area contributed by atoms with E-state index >= 15 is 0 Å². The second-order valence-corrected chi connectivity index (χ2v) is 5.64. The first-order valence-corrected chi connectivity index (χ1v) is 7.45. The topological polar surface area (TPSA) is 105 Å². The van der Waals surface area contributed by atoms with Crippen LogP contribution in [0.25, 0.3) is 0 Å². The number of tetrazole rings is 1. The number of fused-ring (bicyclic) bond motifs is 1. The summed E-state index contributed by atoms with van der Waals surface area (Å²) in [6.07, 6.45) is 2.82. The van der Waals surface area contributed by atoms with Crippen LogP contribution in [-0.2, 0) is 20.5 Å². The molecule has 0 radical (unpaired) electrons. The van der Waals surface area contributed by atoms with Crippen LogP contribution >= 0.6 is 0 Å². The molecule has 0 saturated heterocycles. The molecule has 124 valence electrons. The largest absolute Gasteiger partial charge is 0.356 e. The minimum atomic E-state index is -1.00. The fraction of sp³-hybridized carbons (Fsp3) is 0.615. The SMILES string of the molecule is CN1c2ncn(C)c2C(=O)N(CCCCc2nnn(C)n2)C1O. The molecule has 1 amide bonds. The molecule has 1 N–H and O–H groups in total. The Bertz CT molecular complexity index is 709. The lowest BCUT2D eigenvalue weighted by Gasteiger charge is -2.38. The summed E-state index contributed by atoms with van der Waals surface area (Å²) in [4.78, 5) is 21.2. The molecule has 3 heterocycles. The Labute approximate surface area is 133 Å². The molecular formula is C13H20N8O2. The Balaban J connectivity index is 1.61. The average molecular weight is 320 g/mol. The number of aromatic nitrogens is 6. The van der Waals surface area contributed by atoms with Crippen molar-refractivity contribution in [2.45, 2.75) is 25.6 Å². The number of aliphatic hydroxyl groups excluding tert-OH is 1.